The summed E-state index contributed by atoms with van der Waals surface area (Å²) in [6, 6.07) is 2.30. The molecule has 0 aromatic carbocycles. The Bertz CT molecular complexity index is 416. The molecule has 0 bridgehead atoms. The molecule has 0 aliphatic heterocycles. The minimum Gasteiger partial charge on any atom is -0.464 e. The van der Waals surface area contributed by atoms with E-state index in [1.165, 1.54) is 18.4 Å². The molecule has 0 aliphatic rings. The predicted molar refractivity (Wildman–Crippen MR) is 61.3 cm³/mol. The summed E-state index contributed by atoms with van der Waals surface area (Å²) in [6.45, 7) is 3.90. The lowest BCUT2D eigenvalue weighted by Crippen LogP contribution is -2.22. The van der Waals surface area contributed by atoms with Crippen LogP contribution in [0.15, 0.2) is 5.38 Å². The largest absolute Gasteiger partial charge is 0.464 e. The van der Waals surface area contributed by atoms with Crippen molar-refractivity contribution in [2.24, 2.45) is 0 Å². The third-order valence-electron chi connectivity index (χ3n) is 2.73. The first-order valence-electron chi connectivity index (χ1n) is 5.09. The molecular weight excluding hydrogens is 224 g/mol. The Balaban J connectivity index is 3.10. The second kappa shape index (κ2) is 5.08. The van der Waals surface area contributed by atoms with Gasteiger partial charge in [0.25, 0.3) is 0 Å². The van der Waals surface area contributed by atoms with Crippen LogP contribution in [0.25, 0.3) is 0 Å². The summed E-state index contributed by atoms with van der Waals surface area (Å²) >= 11 is 1.34. The molecule has 0 fully saturated rings. The number of carbonyl (C=O) groups is 1. The zero-order chi connectivity index (χ0) is 12.2. The Kier molecular flexibility index (Phi) is 4.02. The fourth-order valence-corrected chi connectivity index (χ4v) is 2.53. The molecule has 0 saturated heterocycles. The highest BCUT2D eigenvalue weighted by Gasteiger charge is 2.32. The van der Waals surface area contributed by atoms with Gasteiger partial charge >= 0.3 is 5.97 Å². The van der Waals surface area contributed by atoms with Gasteiger partial charge in [-0.15, -0.1) is 11.3 Å². The maximum Gasteiger partial charge on any atom is 0.357 e. The van der Waals surface area contributed by atoms with Gasteiger partial charge in [-0.25, -0.2) is 9.78 Å². The second-order valence-electron chi connectivity index (χ2n) is 3.43. The van der Waals surface area contributed by atoms with Gasteiger partial charge in [0.1, 0.15) is 10.4 Å². The number of nitriles is 1. The molecule has 0 aliphatic carbocycles. The molecule has 4 nitrogen and oxygen atoms in total. The number of aromatic nitrogens is 1. The van der Waals surface area contributed by atoms with Crippen molar-refractivity contribution in [3.8, 4) is 6.07 Å². The molecule has 0 saturated carbocycles. The van der Waals surface area contributed by atoms with Crippen LogP contribution < -0.4 is 0 Å². The van der Waals surface area contributed by atoms with Crippen molar-refractivity contribution in [2.45, 2.75) is 32.1 Å². The van der Waals surface area contributed by atoms with Gasteiger partial charge in [-0.05, 0) is 12.8 Å². The van der Waals surface area contributed by atoms with Crippen LogP contribution in [0.3, 0.4) is 0 Å². The van der Waals surface area contributed by atoms with Crippen molar-refractivity contribution < 1.29 is 9.53 Å². The van der Waals surface area contributed by atoms with Crippen molar-refractivity contribution in [3.63, 3.8) is 0 Å². The van der Waals surface area contributed by atoms with E-state index in [2.05, 4.69) is 15.8 Å². The molecule has 0 spiro atoms. The summed E-state index contributed by atoms with van der Waals surface area (Å²) in [4.78, 5) is 15.4. The number of esters is 1. The van der Waals surface area contributed by atoms with Crippen LogP contribution in [0.2, 0.25) is 0 Å². The predicted octanol–water partition coefficient (Wildman–Crippen LogP) is 2.51. The molecule has 1 aromatic heterocycles. The average Bonchev–Trinajstić information content (AvgIpc) is 2.81. The molecule has 0 N–H and O–H groups in total. The van der Waals surface area contributed by atoms with E-state index < -0.39 is 11.4 Å². The maximum absolute atomic E-state index is 11.3. The van der Waals surface area contributed by atoms with E-state index >= 15 is 0 Å². The molecule has 86 valence electrons. The molecule has 1 heterocycles. The second-order valence-corrected chi connectivity index (χ2v) is 4.29. The molecular formula is C11H14N2O2S. The quantitative estimate of drug-likeness (QED) is 0.756. The SMILES string of the molecule is CCC(C#N)(CC)c1nc(C(=O)OC)cs1. The van der Waals surface area contributed by atoms with E-state index in [1.807, 2.05) is 13.8 Å². The molecule has 16 heavy (non-hydrogen) atoms. The van der Waals surface area contributed by atoms with Crippen LogP contribution in [0.4, 0.5) is 0 Å². The monoisotopic (exact) mass is 238 g/mol. The van der Waals surface area contributed by atoms with Gasteiger partial charge < -0.3 is 4.74 Å². The molecule has 5 heteroatoms. The highest BCUT2D eigenvalue weighted by Crippen LogP contribution is 2.33. The lowest BCUT2D eigenvalue weighted by atomic mass is 9.85. The maximum atomic E-state index is 11.3. The summed E-state index contributed by atoms with van der Waals surface area (Å²) < 4.78 is 4.59. The van der Waals surface area contributed by atoms with Crippen LogP contribution in [-0.4, -0.2) is 18.1 Å². The molecule has 1 aromatic rings. The first kappa shape index (κ1) is 12.7. The standard InChI is InChI=1S/C11H14N2O2S/c1-4-11(5-2,7-12)10-13-8(6-16-10)9(14)15-3/h6H,4-5H2,1-3H3. The normalized spacial score (nSPS) is 10.9. The lowest BCUT2D eigenvalue weighted by Gasteiger charge is -2.19. The van der Waals surface area contributed by atoms with Crippen molar-refractivity contribution >= 4 is 17.3 Å². The third kappa shape index (κ3) is 2.07. The third-order valence-corrected chi connectivity index (χ3v) is 3.78. The Morgan fingerprint density at radius 2 is 2.25 bits per heavy atom. The Morgan fingerprint density at radius 1 is 1.62 bits per heavy atom. The van der Waals surface area contributed by atoms with Gasteiger partial charge in [0, 0.05) is 5.38 Å². The summed E-state index contributed by atoms with van der Waals surface area (Å²) in [6.07, 6.45) is 1.38. The highest BCUT2D eigenvalue weighted by atomic mass is 32.1. The minimum atomic E-state index is -0.572. The van der Waals surface area contributed by atoms with Crippen LogP contribution in [0.5, 0.6) is 0 Å². The van der Waals surface area contributed by atoms with Gasteiger partial charge in [0.15, 0.2) is 5.69 Å². The van der Waals surface area contributed by atoms with E-state index in [1.54, 1.807) is 5.38 Å². The van der Waals surface area contributed by atoms with E-state index in [4.69, 9.17) is 0 Å². The summed E-state index contributed by atoms with van der Waals surface area (Å²) in [5, 5.41) is 11.6. The van der Waals surface area contributed by atoms with E-state index in [9.17, 15) is 10.1 Å². The van der Waals surface area contributed by atoms with Gasteiger partial charge in [-0.1, -0.05) is 13.8 Å². The van der Waals surface area contributed by atoms with Crippen LogP contribution in [0, 0.1) is 11.3 Å². The number of hydrogen-bond donors (Lipinski definition) is 0. The zero-order valence-electron chi connectivity index (χ0n) is 9.61. The van der Waals surface area contributed by atoms with Crippen molar-refractivity contribution in [1.29, 1.82) is 5.26 Å². The van der Waals surface area contributed by atoms with E-state index in [0.717, 1.165) is 0 Å². The van der Waals surface area contributed by atoms with Crippen LogP contribution in [-0.2, 0) is 10.2 Å². The first-order chi connectivity index (χ1) is 7.63. The Morgan fingerprint density at radius 3 is 2.69 bits per heavy atom. The number of methoxy groups -OCH3 is 1. The molecule has 0 unspecified atom stereocenters. The van der Waals surface area contributed by atoms with Crippen LogP contribution >= 0.6 is 11.3 Å². The fraction of sp³-hybridized carbons (Fsp3) is 0.545. The number of rotatable bonds is 4. The van der Waals surface area contributed by atoms with Crippen molar-refractivity contribution in [1.82, 2.24) is 4.98 Å². The van der Waals surface area contributed by atoms with Crippen molar-refractivity contribution in [3.05, 3.63) is 16.1 Å². The van der Waals surface area contributed by atoms with Gasteiger partial charge in [0.2, 0.25) is 0 Å². The Hall–Kier alpha value is -1.41. The average molecular weight is 238 g/mol. The Labute approximate surface area is 98.9 Å². The van der Waals surface area contributed by atoms with E-state index in [0.29, 0.717) is 17.8 Å². The minimum absolute atomic E-state index is 0.282. The molecule has 0 amide bonds. The zero-order valence-corrected chi connectivity index (χ0v) is 10.4. The van der Waals surface area contributed by atoms with Crippen molar-refractivity contribution in [2.75, 3.05) is 7.11 Å². The molecule has 0 atom stereocenters. The number of nitrogens with zero attached hydrogens (tertiary/aromatic N) is 2. The molecule has 0 radical (unpaired) electrons. The smallest absolute Gasteiger partial charge is 0.357 e. The van der Waals surface area contributed by atoms with Crippen LogP contribution in [0.1, 0.15) is 42.2 Å². The van der Waals surface area contributed by atoms with Gasteiger partial charge in [-0.3, -0.25) is 0 Å². The summed E-state index contributed by atoms with van der Waals surface area (Å²) in [5.41, 5.74) is -0.291. The van der Waals surface area contributed by atoms with Gasteiger partial charge in [-0.2, -0.15) is 5.26 Å². The lowest BCUT2D eigenvalue weighted by molar-refractivity contribution is 0.0594. The summed E-state index contributed by atoms with van der Waals surface area (Å²) in [5.74, 6) is -0.457. The first-order valence-corrected chi connectivity index (χ1v) is 5.97. The molecule has 1 rings (SSSR count). The van der Waals surface area contributed by atoms with E-state index in [-0.39, 0.29) is 5.69 Å². The van der Waals surface area contributed by atoms with Gasteiger partial charge in [0.05, 0.1) is 13.2 Å². The summed E-state index contributed by atoms with van der Waals surface area (Å²) in [7, 11) is 1.32. The highest BCUT2D eigenvalue weighted by molar-refractivity contribution is 7.10. The number of hydrogen-bond acceptors (Lipinski definition) is 5. The number of ether oxygens (including phenoxy) is 1. The fourth-order valence-electron chi connectivity index (χ4n) is 1.45. The topological polar surface area (TPSA) is 63.0 Å². The number of thiazole rings is 1. The number of carbonyl (C=O) groups excluding carboxylic acids is 1.